The third-order valence-electron chi connectivity index (χ3n) is 2.70. The van der Waals surface area contributed by atoms with Gasteiger partial charge in [-0.2, -0.15) is 0 Å². The maximum atomic E-state index is 11.9. The van der Waals surface area contributed by atoms with Gasteiger partial charge in [0.1, 0.15) is 17.2 Å². The number of pyridine rings is 2. The first-order chi connectivity index (χ1) is 10.5. The zero-order chi connectivity index (χ0) is 16.1. The number of ether oxygens (including phenoxy) is 1. The molecule has 0 saturated carbocycles. The summed E-state index contributed by atoms with van der Waals surface area (Å²) in [6.07, 6.45) is 1.41. The van der Waals surface area contributed by atoms with E-state index in [1.807, 2.05) is 0 Å². The van der Waals surface area contributed by atoms with Gasteiger partial charge in [-0.1, -0.05) is 23.2 Å². The third-order valence-corrected chi connectivity index (χ3v) is 3.18. The van der Waals surface area contributed by atoms with Crippen LogP contribution >= 0.6 is 23.2 Å². The van der Waals surface area contributed by atoms with Gasteiger partial charge in [0.2, 0.25) is 5.88 Å². The van der Waals surface area contributed by atoms with Crippen molar-refractivity contribution in [3.8, 4) is 5.88 Å². The summed E-state index contributed by atoms with van der Waals surface area (Å²) in [5, 5.41) is 3.27. The number of carbonyl (C=O) groups is 1. The fourth-order valence-electron chi connectivity index (χ4n) is 1.67. The molecule has 2 aromatic rings. The average Bonchev–Trinajstić information content (AvgIpc) is 2.45. The van der Waals surface area contributed by atoms with E-state index in [2.05, 4.69) is 15.3 Å². The average molecular weight is 342 g/mol. The number of H-pyrrole nitrogens is 1. The summed E-state index contributed by atoms with van der Waals surface area (Å²) >= 11 is 11.6. The lowest BCUT2D eigenvalue weighted by Gasteiger charge is -2.08. The Bertz CT molecular complexity index is 746. The number of aryl methyl sites for hydroxylation is 1. The van der Waals surface area contributed by atoms with Gasteiger partial charge in [-0.15, -0.1) is 0 Å². The highest BCUT2D eigenvalue weighted by molar-refractivity contribution is 6.35. The summed E-state index contributed by atoms with van der Waals surface area (Å²) in [5.74, 6) is -0.242. The Morgan fingerprint density at radius 3 is 2.86 bits per heavy atom. The summed E-state index contributed by atoms with van der Waals surface area (Å²) in [6, 6.07) is 4.64. The molecular formula is C14H13Cl2N3O3. The van der Waals surface area contributed by atoms with Crippen molar-refractivity contribution in [1.82, 2.24) is 15.3 Å². The quantitative estimate of drug-likeness (QED) is 0.816. The van der Waals surface area contributed by atoms with Crippen molar-refractivity contribution in [1.29, 1.82) is 0 Å². The van der Waals surface area contributed by atoms with Crippen LogP contribution in [0.2, 0.25) is 10.0 Å². The molecule has 0 radical (unpaired) electrons. The lowest BCUT2D eigenvalue weighted by Crippen LogP contribution is -2.32. The minimum absolute atomic E-state index is 0.0493. The summed E-state index contributed by atoms with van der Waals surface area (Å²) in [6.45, 7) is 2.09. The van der Waals surface area contributed by atoms with E-state index in [4.69, 9.17) is 27.9 Å². The second-order valence-electron chi connectivity index (χ2n) is 4.43. The first kappa shape index (κ1) is 16.3. The molecule has 2 heterocycles. The molecule has 22 heavy (non-hydrogen) atoms. The molecule has 116 valence electrons. The number of halogens is 2. The summed E-state index contributed by atoms with van der Waals surface area (Å²) in [7, 11) is 0. The zero-order valence-electron chi connectivity index (χ0n) is 11.7. The molecule has 0 aromatic carbocycles. The minimum Gasteiger partial charge on any atom is -0.475 e. The number of carbonyl (C=O) groups excluding carboxylic acids is 1. The van der Waals surface area contributed by atoms with Crippen LogP contribution in [0.4, 0.5) is 0 Å². The normalized spacial score (nSPS) is 10.3. The lowest BCUT2D eigenvalue weighted by molar-refractivity contribution is 0.0945. The zero-order valence-corrected chi connectivity index (χ0v) is 13.2. The molecule has 0 unspecified atom stereocenters. The molecule has 1 amide bonds. The molecule has 2 rings (SSSR count). The number of hydrogen-bond acceptors (Lipinski definition) is 4. The molecule has 8 heteroatoms. The van der Waals surface area contributed by atoms with Gasteiger partial charge in [0.15, 0.2) is 0 Å². The highest BCUT2D eigenvalue weighted by Crippen LogP contribution is 2.24. The van der Waals surface area contributed by atoms with E-state index in [-0.39, 0.29) is 29.6 Å². The molecule has 0 bridgehead atoms. The van der Waals surface area contributed by atoms with Crippen LogP contribution in [0, 0.1) is 6.92 Å². The molecule has 2 N–H and O–H groups in total. The molecule has 6 nitrogen and oxygen atoms in total. The van der Waals surface area contributed by atoms with E-state index in [1.54, 1.807) is 13.0 Å². The van der Waals surface area contributed by atoms with Crippen LogP contribution in [0.1, 0.15) is 16.1 Å². The Morgan fingerprint density at radius 2 is 2.18 bits per heavy atom. The number of aromatic amines is 1. The van der Waals surface area contributed by atoms with Crippen molar-refractivity contribution in [2.75, 3.05) is 13.2 Å². The fourth-order valence-corrected chi connectivity index (χ4v) is 2.10. The van der Waals surface area contributed by atoms with Crippen LogP contribution in [-0.2, 0) is 0 Å². The summed E-state index contributed by atoms with van der Waals surface area (Å²) in [5.41, 5.74) is 0.308. The van der Waals surface area contributed by atoms with E-state index in [1.165, 1.54) is 18.3 Å². The number of aromatic nitrogens is 2. The highest BCUT2D eigenvalue weighted by Gasteiger charge is 2.10. The van der Waals surface area contributed by atoms with E-state index >= 15 is 0 Å². The van der Waals surface area contributed by atoms with Crippen molar-refractivity contribution < 1.29 is 9.53 Å². The first-order valence-corrected chi connectivity index (χ1v) is 7.15. The molecular weight excluding hydrogens is 329 g/mol. The minimum atomic E-state index is -0.472. The number of nitrogens with one attached hydrogen (secondary N) is 2. The topological polar surface area (TPSA) is 84.1 Å². The smallest absolute Gasteiger partial charge is 0.260 e. The Balaban J connectivity index is 1.86. The van der Waals surface area contributed by atoms with Gasteiger partial charge in [-0.3, -0.25) is 9.59 Å². The second-order valence-corrected chi connectivity index (χ2v) is 5.27. The van der Waals surface area contributed by atoms with Crippen LogP contribution in [0.15, 0.2) is 29.2 Å². The fraction of sp³-hybridized carbons (Fsp3) is 0.214. The van der Waals surface area contributed by atoms with Crippen LogP contribution in [0.5, 0.6) is 5.88 Å². The largest absolute Gasteiger partial charge is 0.475 e. The Morgan fingerprint density at radius 1 is 1.41 bits per heavy atom. The molecule has 0 atom stereocenters. The molecule has 0 saturated heterocycles. The SMILES string of the molecule is Cc1ccc(C(=O)NCCOc2ncc(Cl)cc2Cl)c(=O)[nH]1. The van der Waals surface area contributed by atoms with Gasteiger partial charge in [0.25, 0.3) is 11.5 Å². The molecule has 0 fully saturated rings. The Labute approximate surface area is 136 Å². The molecule has 0 spiro atoms. The van der Waals surface area contributed by atoms with Gasteiger partial charge in [-0.25, -0.2) is 4.98 Å². The van der Waals surface area contributed by atoms with Crippen LogP contribution in [-0.4, -0.2) is 29.0 Å². The van der Waals surface area contributed by atoms with Crippen molar-refractivity contribution in [2.45, 2.75) is 6.92 Å². The number of rotatable bonds is 5. The first-order valence-electron chi connectivity index (χ1n) is 6.39. The summed E-state index contributed by atoms with van der Waals surface area (Å²) < 4.78 is 5.33. The highest BCUT2D eigenvalue weighted by atomic mass is 35.5. The molecule has 0 aliphatic heterocycles. The van der Waals surface area contributed by atoms with Crippen molar-refractivity contribution in [3.63, 3.8) is 0 Å². The Hall–Kier alpha value is -2.05. The van der Waals surface area contributed by atoms with Crippen molar-refractivity contribution in [2.24, 2.45) is 0 Å². The van der Waals surface area contributed by atoms with Crippen molar-refractivity contribution in [3.05, 3.63) is 56.1 Å². The predicted octanol–water partition coefficient (Wildman–Crippen LogP) is 2.19. The van der Waals surface area contributed by atoms with Gasteiger partial charge >= 0.3 is 0 Å². The van der Waals surface area contributed by atoms with Crippen LogP contribution < -0.4 is 15.6 Å². The monoisotopic (exact) mass is 341 g/mol. The maximum absolute atomic E-state index is 11.9. The van der Waals surface area contributed by atoms with E-state index in [0.29, 0.717) is 10.7 Å². The molecule has 2 aromatic heterocycles. The number of amides is 1. The summed E-state index contributed by atoms with van der Waals surface area (Å²) in [4.78, 5) is 30.0. The van der Waals surface area contributed by atoms with E-state index in [0.717, 1.165) is 0 Å². The number of nitrogens with zero attached hydrogens (tertiary/aromatic N) is 1. The van der Waals surface area contributed by atoms with E-state index < -0.39 is 11.5 Å². The van der Waals surface area contributed by atoms with Crippen LogP contribution in [0.3, 0.4) is 0 Å². The van der Waals surface area contributed by atoms with Gasteiger partial charge in [-0.05, 0) is 25.1 Å². The third kappa shape index (κ3) is 4.22. The Kier molecular flexibility index (Phi) is 5.41. The van der Waals surface area contributed by atoms with Gasteiger partial charge in [0.05, 0.1) is 11.6 Å². The predicted molar refractivity (Wildman–Crippen MR) is 83.9 cm³/mol. The molecule has 0 aliphatic rings. The molecule has 0 aliphatic carbocycles. The van der Waals surface area contributed by atoms with Crippen molar-refractivity contribution >= 4 is 29.1 Å². The standard InChI is InChI=1S/C14H13Cl2N3O3/c1-8-2-3-10(13(21)19-8)12(20)17-4-5-22-14-11(16)6-9(15)7-18-14/h2-3,6-7H,4-5H2,1H3,(H,17,20)(H,19,21). The van der Waals surface area contributed by atoms with E-state index in [9.17, 15) is 9.59 Å². The number of hydrogen-bond donors (Lipinski definition) is 2. The van der Waals surface area contributed by atoms with Crippen LogP contribution in [0.25, 0.3) is 0 Å². The van der Waals surface area contributed by atoms with Gasteiger partial charge in [0, 0.05) is 11.9 Å². The van der Waals surface area contributed by atoms with Gasteiger partial charge < -0.3 is 15.0 Å². The maximum Gasteiger partial charge on any atom is 0.260 e. The lowest BCUT2D eigenvalue weighted by atomic mass is 10.2. The second kappa shape index (κ2) is 7.29.